The summed E-state index contributed by atoms with van der Waals surface area (Å²) in [7, 11) is 0. The molecule has 0 aliphatic heterocycles. The molecule has 0 aliphatic rings. The van der Waals surface area contributed by atoms with E-state index >= 15 is 0 Å². The van der Waals surface area contributed by atoms with E-state index in [1.807, 2.05) is 31.2 Å². The van der Waals surface area contributed by atoms with Crippen molar-refractivity contribution in [3.8, 4) is 5.75 Å². The molecule has 3 nitrogen and oxygen atoms in total. The second kappa shape index (κ2) is 8.19. The molecule has 2 aromatic rings. The molecule has 25 heavy (non-hydrogen) atoms. The molecule has 3 heteroatoms. The van der Waals surface area contributed by atoms with Crippen LogP contribution in [0, 0.1) is 0 Å². The lowest BCUT2D eigenvalue weighted by atomic mass is 9.86. The Hall–Kier alpha value is -2.29. The molecule has 0 aromatic heterocycles. The first-order valence-corrected chi connectivity index (χ1v) is 8.91. The van der Waals surface area contributed by atoms with Gasteiger partial charge in [-0.1, -0.05) is 70.2 Å². The maximum Gasteiger partial charge on any atom is 0.258 e. The summed E-state index contributed by atoms with van der Waals surface area (Å²) in [4.78, 5) is 12.2. The predicted molar refractivity (Wildman–Crippen MR) is 103 cm³/mol. The number of para-hydroxylation sites is 1. The molecule has 0 saturated carbocycles. The summed E-state index contributed by atoms with van der Waals surface area (Å²) < 4.78 is 5.79. The topological polar surface area (TPSA) is 38.3 Å². The van der Waals surface area contributed by atoms with Gasteiger partial charge in [0.15, 0.2) is 6.61 Å². The molecule has 0 spiro atoms. The fraction of sp³-hybridized carbons (Fsp3) is 0.409. The van der Waals surface area contributed by atoms with Crippen molar-refractivity contribution in [3.05, 3.63) is 65.2 Å². The van der Waals surface area contributed by atoms with E-state index in [0.29, 0.717) is 0 Å². The minimum Gasteiger partial charge on any atom is -0.483 e. The Kier molecular flexibility index (Phi) is 6.24. The van der Waals surface area contributed by atoms with Gasteiger partial charge in [0.05, 0.1) is 6.04 Å². The van der Waals surface area contributed by atoms with Crippen LogP contribution in [0.1, 0.15) is 57.4 Å². The summed E-state index contributed by atoms with van der Waals surface area (Å²) in [5.41, 5.74) is 3.47. The number of nitrogens with one attached hydrogen (secondary N) is 1. The molecular weight excluding hydrogens is 310 g/mol. The first-order chi connectivity index (χ1) is 11.8. The van der Waals surface area contributed by atoms with Crippen molar-refractivity contribution in [3.63, 3.8) is 0 Å². The van der Waals surface area contributed by atoms with E-state index < -0.39 is 0 Å². The fourth-order valence-electron chi connectivity index (χ4n) is 2.76. The Morgan fingerprint density at radius 1 is 1.08 bits per heavy atom. The summed E-state index contributed by atoms with van der Waals surface area (Å²) in [6.45, 7) is 10.5. The van der Waals surface area contributed by atoms with Gasteiger partial charge in [0.1, 0.15) is 5.75 Å². The van der Waals surface area contributed by atoms with Crippen molar-refractivity contribution >= 4 is 5.91 Å². The number of benzene rings is 2. The Bertz CT molecular complexity index is 699. The number of hydrogen-bond acceptors (Lipinski definition) is 2. The first-order valence-electron chi connectivity index (χ1n) is 8.91. The summed E-state index contributed by atoms with van der Waals surface area (Å²) in [6, 6.07) is 16.2. The van der Waals surface area contributed by atoms with Crippen LogP contribution < -0.4 is 10.1 Å². The van der Waals surface area contributed by atoms with Gasteiger partial charge >= 0.3 is 0 Å². The molecule has 1 N–H and O–H groups in total. The first kappa shape index (κ1) is 19.0. The van der Waals surface area contributed by atoms with Crippen LogP contribution in [0.15, 0.2) is 48.5 Å². The highest BCUT2D eigenvalue weighted by Crippen LogP contribution is 2.30. The van der Waals surface area contributed by atoms with Gasteiger partial charge in [0.2, 0.25) is 0 Å². The largest absolute Gasteiger partial charge is 0.483 e. The van der Waals surface area contributed by atoms with Crippen LogP contribution in [0.4, 0.5) is 0 Å². The number of rotatable bonds is 6. The van der Waals surface area contributed by atoms with Gasteiger partial charge in [0, 0.05) is 0 Å². The predicted octanol–water partition coefficient (Wildman–Crippen LogP) is 4.80. The fourth-order valence-corrected chi connectivity index (χ4v) is 2.76. The monoisotopic (exact) mass is 339 g/mol. The maximum atomic E-state index is 12.2. The average Bonchev–Trinajstić information content (AvgIpc) is 2.59. The molecule has 0 aliphatic carbocycles. The van der Waals surface area contributed by atoms with Crippen molar-refractivity contribution in [2.75, 3.05) is 6.61 Å². The molecular formula is C22H29NO2. The zero-order valence-electron chi connectivity index (χ0n) is 15.9. The van der Waals surface area contributed by atoms with Crippen LogP contribution in [0.5, 0.6) is 5.75 Å². The Morgan fingerprint density at radius 3 is 2.32 bits per heavy atom. The van der Waals surface area contributed by atoms with Crippen molar-refractivity contribution in [2.24, 2.45) is 0 Å². The molecule has 0 unspecified atom stereocenters. The zero-order valence-corrected chi connectivity index (χ0v) is 15.9. The van der Waals surface area contributed by atoms with Gasteiger partial charge in [-0.05, 0) is 41.5 Å². The SMILES string of the molecule is CCc1ccc([C@@H](C)NC(=O)COc2ccccc2C(C)(C)C)cc1. The molecule has 134 valence electrons. The molecule has 2 aromatic carbocycles. The van der Waals surface area contributed by atoms with Gasteiger partial charge in [-0.15, -0.1) is 0 Å². The molecule has 0 heterocycles. The number of carbonyl (C=O) groups excluding carboxylic acids is 1. The van der Waals surface area contributed by atoms with Crippen LogP contribution >= 0.6 is 0 Å². The third-order valence-corrected chi connectivity index (χ3v) is 4.32. The summed E-state index contributed by atoms with van der Waals surface area (Å²) >= 11 is 0. The number of aryl methyl sites for hydroxylation is 1. The third-order valence-electron chi connectivity index (χ3n) is 4.32. The van der Waals surface area contributed by atoms with E-state index in [-0.39, 0.29) is 24.0 Å². The summed E-state index contributed by atoms with van der Waals surface area (Å²) in [6.07, 6.45) is 1.02. The highest BCUT2D eigenvalue weighted by atomic mass is 16.5. The van der Waals surface area contributed by atoms with Crippen molar-refractivity contribution in [1.29, 1.82) is 0 Å². The van der Waals surface area contributed by atoms with Crippen molar-refractivity contribution in [1.82, 2.24) is 5.32 Å². The van der Waals surface area contributed by atoms with E-state index in [9.17, 15) is 4.79 Å². The van der Waals surface area contributed by atoms with E-state index in [2.05, 4.69) is 57.3 Å². The van der Waals surface area contributed by atoms with Crippen molar-refractivity contribution in [2.45, 2.75) is 52.5 Å². The van der Waals surface area contributed by atoms with Gasteiger partial charge in [0.25, 0.3) is 5.91 Å². The highest BCUT2D eigenvalue weighted by Gasteiger charge is 2.19. The molecule has 2 rings (SSSR count). The lowest BCUT2D eigenvalue weighted by Crippen LogP contribution is -2.31. The highest BCUT2D eigenvalue weighted by molar-refractivity contribution is 5.78. The Morgan fingerprint density at radius 2 is 1.72 bits per heavy atom. The minimum atomic E-state index is -0.115. The molecule has 1 amide bonds. The second-order valence-corrected chi connectivity index (χ2v) is 7.42. The van der Waals surface area contributed by atoms with E-state index in [0.717, 1.165) is 23.3 Å². The van der Waals surface area contributed by atoms with Crippen LogP contribution in [0.25, 0.3) is 0 Å². The molecule has 0 saturated heterocycles. The third kappa shape index (κ3) is 5.35. The standard InChI is InChI=1S/C22H29NO2/c1-6-17-11-13-18(14-12-17)16(2)23-21(24)15-25-20-10-8-7-9-19(20)22(3,4)5/h7-14,16H,6,15H2,1-5H3,(H,23,24)/t16-/m1/s1. The molecule has 1 atom stereocenters. The van der Waals surface area contributed by atoms with E-state index in [1.54, 1.807) is 0 Å². The number of carbonyl (C=O) groups is 1. The molecule has 0 radical (unpaired) electrons. The second-order valence-electron chi connectivity index (χ2n) is 7.42. The van der Waals surface area contributed by atoms with E-state index in [1.165, 1.54) is 5.56 Å². The van der Waals surface area contributed by atoms with Crippen LogP contribution in [0.2, 0.25) is 0 Å². The zero-order chi connectivity index (χ0) is 18.4. The lowest BCUT2D eigenvalue weighted by molar-refractivity contribution is -0.123. The summed E-state index contributed by atoms with van der Waals surface area (Å²) in [5, 5.41) is 3.00. The number of hydrogen-bond donors (Lipinski definition) is 1. The van der Waals surface area contributed by atoms with Gasteiger partial charge in [-0.2, -0.15) is 0 Å². The Balaban J connectivity index is 1.94. The normalized spacial score (nSPS) is 12.5. The minimum absolute atomic E-state index is 0.0183. The number of ether oxygens (including phenoxy) is 1. The summed E-state index contributed by atoms with van der Waals surface area (Å²) in [5.74, 6) is 0.654. The lowest BCUT2D eigenvalue weighted by Gasteiger charge is -2.23. The average molecular weight is 339 g/mol. The smallest absolute Gasteiger partial charge is 0.258 e. The van der Waals surface area contributed by atoms with Gasteiger partial charge in [-0.3, -0.25) is 4.79 Å². The van der Waals surface area contributed by atoms with Crippen molar-refractivity contribution < 1.29 is 9.53 Å². The maximum absolute atomic E-state index is 12.2. The Labute approximate surface area is 151 Å². The van der Waals surface area contributed by atoms with E-state index in [4.69, 9.17) is 4.74 Å². The van der Waals surface area contributed by atoms with Crippen LogP contribution in [-0.4, -0.2) is 12.5 Å². The molecule has 0 bridgehead atoms. The van der Waals surface area contributed by atoms with Gasteiger partial charge in [-0.25, -0.2) is 0 Å². The quantitative estimate of drug-likeness (QED) is 0.821. The van der Waals surface area contributed by atoms with Crippen LogP contribution in [-0.2, 0) is 16.6 Å². The molecule has 0 fully saturated rings. The number of amides is 1. The van der Waals surface area contributed by atoms with Crippen LogP contribution in [0.3, 0.4) is 0 Å². The van der Waals surface area contributed by atoms with Gasteiger partial charge < -0.3 is 10.1 Å².